The van der Waals surface area contributed by atoms with Crippen LogP contribution in [0, 0.1) is 13.8 Å². The van der Waals surface area contributed by atoms with Crippen LogP contribution in [-0.2, 0) is 11.2 Å². The maximum absolute atomic E-state index is 10.5. The summed E-state index contributed by atoms with van der Waals surface area (Å²) in [6.45, 7) is 6.83. The van der Waals surface area contributed by atoms with E-state index in [4.69, 9.17) is 4.74 Å². The molecule has 2 unspecified atom stereocenters. The van der Waals surface area contributed by atoms with Crippen molar-refractivity contribution in [2.75, 3.05) is 6.61 Å². The molecule has 1 saturated heterocycles. The van der Waals surface area contributed by atoms with Gasteiger partial charge in [0, 0.05) is 19.4 Å². The monoisotopic (exact) mass is 220 g/mol. The fourth-order valence-corrected chi connectivity index (χ4v) is 2.44. The lowest BCUT2D eigenvalue weighted by Gasteiger charge is -2.27. The molecule has 1 N–H and O–H groups in total. The normalized spacial score (nSPS) is 29.6. The molecule has 0 spiro atoms. The van der Waals surface area contributed by atoms with E-state index in [9.17, 15) is 5.11 Å². The van der Waals surface area contributed by atoms with Crippen LogP contribution in [0.1, 0.15) is 30.0 Å². The SMILES string of the molecule is Cc1cccc(C)c1CC1(O)CCOC1C. The highest BCUT2D eigenvalue weighted by Crippen LogP contribution is 2.31. The van der Waals surface area contributed by atoms with Crippen molar-refractivity contribution in [2.45, 2.75) is 45.3 Å². The van der Waals surface area contributed by atoms with E-state index in [1.54, 1.807) is 0 Å². The van der Waals surface area contributed by atoms with Crippen molar-refractivity contribution < 1.29 is 9.84 Å². The van der Waals surface area contributed by atoms with E-state index in [0.29, 0.717) is 13.0 Å². The number of aliphatic hydroxyl groups is 1. The van der Waals surface area contributed by atoms with Gasteiger partial charge in [0.2, 0.25) is 0 Å². The molecule has 0 saturated carbocycles. The van der Waals surface area contributed by atoms with Gasteiger partial charge in [-0.3, -0.25) is 0 Å². The standard InChI is InChI=1S/C14H20O2/c1-10-5-4-6-11(2)13(10)9-14(15)7-8-16-12(14)3/h4-6,12,15H,7-9H2,1-3H3. The lowest BCUT2D eigenvalue weighted by molar-refractivity contribution is -0.0270. The maximum atomic E-state index is 10.5. The van der Waals surface area contributed by atoms with Gasteiger partial charge in [0.15, 0.2) is 0 Å². The highest BCUT2D eigenvalue weighted by atomic mass is 16.5. The van der Waals surface area contributed by atoms with Crippen LogP contribution < -0.4 is 0 Å². The van der Waals surface area contributed by atoms with Crippen LogP contribution in [0.5, 0.6) is 0 Å². The van der Waals surface area contributed by atoms with Crippen molar-refractivity contribution in [1.29, 1.82) is 0 Å². The van der Waals surface area contributed by atoms with Gasteiger partial charge in [-0.25, -0.2) is 0 Å². The molecule has 1 heterocycles. The largest absolute Gasteiger partial charge is 0.387 e. The van der Waals surface area contributed by atoms with Crippen molar-refractivity contribution in [3.05, 3.63) is 34.9 Å². The summed E-state index contributed by atoms with van der Waals surface area (Å²) >= 11 is 0. The Kier molecular flexibility index (Phi) is 3.04. The van der Waals surface area contributed by atoms with Gasteiger partial charge in [-0.15, -0.1) is 0 Å². The molecule has 2 rings (SSSR count). The molecule has 16 heavy (non-hydrogen) atoms. The third-order valence-electron chi connectivity index (χ3n) is 3.79. The number of hydrogen-bond acceptors (Lipinski definition) is 2. The zero-order valence-electron chi connectivity index (χ0n) is 10.3. The number of hydrogen-bond donors (Lipinski definition) is 1. The van der Waals surface area contributed by atoms with Crippen LogP contribution in [0.25, 0.3) is 0 Å². The molecule has 0 aromatic heterocycles. The van der Waals surface area contributed by atoms with E-state index in [1.807, 2.05) is 6.92 Å². The topological polar surface area (TPSA) is 29.5 Å². The first-order valence-electron chi connectivity index (χ1n) is 5.92. The molecule has 2 heteroatoms. The molecule has 1 aromatic carbocycles. The average molecular weight is 220 g/mol. The maximum Gasteiger partial charge on any atom is 0.0967 e. The van der Waals surface area contributed by atoms with Crippen molar-refractivity contribution in [1.82, 2.24) is 0 Å². The average Bonchev–Trinajstić information content (AvgIpc) is 2.54. The van der Waals surface area contributed by atoms with E-state index >= 15 is 0 Å². The van der Waals surface area contributed by atoms with Crippen LogP contribution in [0.2, 0.25) is 0 Å². The van der Waals surface area contributed by atoms with Gasteiger partial charge in [0.05, 0.1) is 11.7 Å². The van der Waals surface area contributed by atoms with Gasteiger partial charge < -0.3 is 9.84 Å². The van der Waals surface area contributed by atoms with Crippen molar-refractivity contribution in [3.8, 4) is 0 Å². The van der Waals surface area contributed by atoms with Crippen LogP contribution in [0.15, 0.2) is 18.2 Å². The Morgan fingerprint density at radius 2 is 2.00 bits per heavy atom. The Balaban J connectivity index is 2.27. The summed E-state index contributed by atoms with van der Waals surface area (Å²) in [5, 5.41) is 10.5. The van der Waals surface area contributed by atoms with E-state index in [0.717, 1.165) is 6.42 Å². The number of aryl methyl sites for hydroxylation is 2. The molecular weight excluding hydrogens is 200 g/mol. The lowest BCUT2D eigenvalue weighted by Crippen LogP contribution is -2.38. The van der Waals surface area contributed by atoms with Crippen molar-refractivity contribution >= 4 is 0 Å². The summed E-state index contributed by atoms with van der Waals surface area (Å²) in [7, 11) is 0. The zero-order valence-corrected chi connectivity index (χ0v) is 10.3. The quantitative estimate of drug-likeness (QED) is 0.829. The summed E-state index contributed by atoms with van der Waals surface area (Å²) < 4.78 is 5.47. The van der Waals surface area contributed by atoms with Gasteiger partial charge in [-0.2, -0.15) is 0 Å². The van der Waals surface area contributed by atoms with Crippen LogP contribution in [0.4, 0.5) is 0 Å². The number of benzene rings is 1. The third kappa shape index (κ3) is 2.00. The van der Waals surface area contributed by atoms with Crippen LogP contribution in [0.3, 0.4) is 0 Å². The molecule has 1 aliphatic heterocycles. The molecule has 2 atom stereocenters. The van der Waals surface area contributed by atoms with Crippen LogP contribution in [-0.4, -0.2) is 23.4 Å². The molecule has 1 fully saturated rings. The molecule has 0 bridgehead atoms. The van der Waals surface area contributed by atoms with E-state index in [-0.39, 0.29) is 6.10 Å². The minimum Gasteiger partial charge on any atom is -0.387 e. The lowest BCUT2D eigenvalue weighted by atomic mass is 9.85. The Hall–Kier alpha value is -0.860. The Bertz CT molecular complexity index is 366. The highest BCUT2D eigenvalue weighted by molar-refractivity contribution is 5.35. The molecule has 0 radical (unpaired) electrons. The predicted octanol–water partition coefficient (Wildman–Crippen LogP) is 2.39. The van der Waals surface area contributed by atoms with Crippen molar-refractivity contribution in [2.24, 2.45) is 0 Å². The second-order valence-electron chi connectivity index (χ2n) is 4.91. The first-order valence-corrected chi connectivity index (χ1v) is 5.92. The van der Waals surface area contributed by atoms with E-state index < -0.39 is 5.60 Å². The summed E-state index contributed by atoms with van der Waals surface area (Å²) in [4.78, 5) is 0. The van der Waals surface area contributed by atoms with Gasteiger partial charge in [0.1, 0.15) is 0 Å². The minimum absolute atomic E-state index is 0.0634. The molecule has 1 aromatic rings. The first kappa shape index (κ1) is 11.6. The second kappa shape index (κ2) is 4.19. The smallest absolute Gasteiger partial charge is 0.0967 e. The Labute approximate surface area is 97.3 Å². The third-order valence-corrected chi connectivity index (χ3v) is 3.79. The molecule has 88 valence electrons. The van der Waals surface area contributed by atoms with Gasteiger partial charge in [-0.1, -0.05) is 18.2 Å². The minimum atomic E-state index is -0.684. The van der Waals surface area contributed by atoms with Gasteiger partial charge in [-0.05, 0) is 37.5 Å². The summed E-state index contributed by atoms with van der Waals surface area (Å²) in [5.74, 6) is 0. The van der Waals surface area contributed by atoms with E-state index in [1.165, 1.54) is 16.7 Å². The predicted molar refractivity (Wildman–Crippen MR) is 64.6 cm³/mol. The second-order valence-corrected chi connectivity index (χ2v) is 4.91. The number of rotatable bonds is 2. The highest BCUT2D eigenvalue weighted by Gasteiger charge is 2.39. The first-order chi connectivity index (χ1) is 7.53. The number of ether oxygens (including phenoxy) is 1. The van der Waals surface area contributed by atoms with Gasteiger partial charge >= 0.3 is 0 Å². The summed E-state index contributed by atoms with van der Waals surface area (Å²) in [6, 6.07) is 6.27. The summed E-state index contributed by atoms with van der Waals surface area (Å²) in [5.41, 5.74) is 3.10. The molecule has 0 aliphatic carbocycles. The molecule has 2 nitrogen and oxygen atoms in total. The Morgan fingerprint density at radius 1 is 1.38 bits per heavy atom. The van der Waals surface area contributed by atoms with E-state index in [2.05, 4.69) is 32.0 Å². The Morgan fingerprint density at radius 3 is 2.50 bits per heavy atom. The molecular formula is C14H20O2. The molecule has 0 amide bonds. The zero-order chi connectivity index (χ0) is 11.8. The van der Waals surface area contributed by atoms with Crippen LogP contribution >= 0.6 is 0 Å². The van der Waals surface area contributed by atoms with Gasteiger partial charge in [0.25, 0.3) is 0 Å². The molecule has 1 aliphatic rings. The fourth-order valence-electron chi connectivity index (χ4n) is 2.44. The summed E-state index contributed by atoms with van der Waals surface area (Å²) in [6.07, 6.45) is 1.38. The van der Waals surface area contributed by atoms with Crippen molar-refractivity contribution in [3.63, 3.8) is 0 Å². The fraction of sp³-hybridized carbons (Fsp3) is 0.571.